The van der Waals surface area contributed by atoms with Gasteiger partial charge in [-0.25, -0.2) is 0 Å². The Labute approximate surface area is 134 Å². The van der Waals surface area contributed by atoms with Crippen molar-refractivity contribution in [3.05, 3.63) is 58.8 Å². The molecule has 0 bridgehead atoms. The normalized spacial score (nSPS) is 10.7. The quantitative estimate of drug-likeness (QED) is 0.692. The molecule has 0 radical (unpaired) electrons. The second-order valence-electron chi connectivity index (χ2n) is 4.31. The van der Waals surface area contributed by atoms with Crippen molar-refractivity contribution < 1.29 is 9.63 Å². The van der Waals surface area contributed by atoms with E-state index in [1.807, 2.05) is 30.3 Å². The number of rotatable bonds is 4. The fraction of sp³-hybridized carbons (Fsp3) is 0.0667. The lowest BCUT2D eigenvalue weighted by molar-refractivity contribution is 0.424. The minimum absolute atomic E-state index is 0.177. The number of aromatic nitrogens is 2. The van der Waals surface area contributed by atoms with Gasteiger partial charge in [0.25, 0.3) is 5.89 Å². The van der Waals surface area contributed by atoms with Gasteiger partial charge in [0.2, 0.25) is 0 Å². The Bertz CT molecular complexity index is 743. The predicted molar refractivity (Wildman–Crippen MR) is 85.1 cm³/mol. The maximum absolute atomic E-state index is 9.46. The number of phenolic OH excluding ortho intramolecular Hbond substituents is 1. The van der Waals surface area contributed by atoms with Gasteiger partial charge in [0.15, 0.2) is 5.82 Å². The Morgan fingerprint density at radius 1 is 1.14 bits per heavy atom. The third-order valence-corrected chi connectivity index (χ3v) is 4.28. The predicted octanol–water partition coefficient (Wildman–Crippen LogP) is 4.50. The average molecular weight is 363 g/mol. The molecular weight excluding hydrogens is 352 g/mol. The number of hydrogen-bond donors (Lipinski definition) is 1. The molecule has 0 atom stereocenters. The molecule has 1 N–H and O–H groups in total. The van der Waals surface area contributed by atoms with Crippen molar-refractivity contribution in [1.82, 2.24) is 10.1 Å². The highest BCUT2D eigenvalue weighted by Gasteiger charge is 2.09. The maximum atomic E-state index is 9.46. The second-order valence-corrected chi connectivity index (χ2v) is 6.27. The molecule has 0 spiro atoms. The Kier molecular flexibility index (Phi) is 4.26. The van der Waals surface area contributed by atoms with E-state index in [-0.39, 0.29) is 5.75 Å². The van der Waals surface area contributed by atoms with Crippen molar-refractivity contribution in [1.29, 1.82) is 0 Å². The van der Waals surface area contributed by atoms with Gasteiger partial charge in [0.05, 0.1) is 5.75 Å². The summed E-state index contributed by atoms with van der Waals surface area (Å²) in [5, 5.41) is 13.4. The van der Waals surface area contributed by atoms with Crippen molar-refractivity contribution >= 4 is 27.7 Å². The first-order chi connectivity index (χ1) is 10.2. The molecule has 0 aliphatic rings. The molecule has 21 heavy (non-hydrogen) atoms. The topological polar surface area (TPSA) is 59.2 Å². The lowest BCUT2D eigenvalue weighted by Crippen LogP contribution is -1.84. The maximum Gasteiger partial charge on any atom is 0.258 e. The summed E-state index contributed by atoms with van der Waals surface area (Å²) in [6.45, 7) is 0. The van der Waals surface area contributed by atoms with Crippen molar-refractivity contribution in [2.45, 2.75) is 10.6 Å². The van der Waals surface area contributed by atoms with Crippen LogP contribution in [0.4, 0.5) is 0 Å². The minimum atomic E-state index is 0.177. The zero-order valence-corrected chi connectivity index (χ0v) is 13.3. The van der Waals surface area contributed by atoms with Crippen molar-refractivity contribution in [3.63, 3.8) is 0 Å². The number of hydrogen-bond acceptors (Lipinski definition) is 5. The van der Waals surface area contributed by atoms with Crippen LogP contribution in [0.1, 0.15) is 5.82 Å². The van der Waals surface area contributed by atoms with Crippen LogP contribution in [0.15, 0.2) is 62.4 Å². The Morgan fingerprint density at radius 2 is 1.95 bits per heavy atom. The SMILES string of the molecule is Oc1cccc(-c2nc(CSc3ccc(Br)cc3)no2)c1. The molecule has 0 aliphatic carbocycles. The first-order valence-electron chi connectivity index (χ1n) is 6.21. The van der Waals surface area contributed by atoms with Crippen LogP contribution in [-0.2, 0) is 5.75 Å². The van der Waals surface area contributed by atoms with Gasteiger partial charge >= 0.3 is 0 Å². The van der Waals surface area contributed by atoms with Gasteiger partial charge in [-0.05, 0) is 42.5 Å². The summed E-state index contributed by atoms with van der Waals surface area (Å²) in [5.41, 5.74) is 0.711. The molecule has 4 nitrogen and oxygen atoms in total. The molecule has 106 valence electrons. The summed E-state index contributed by atoms with van der Waals surface area (Å²) in [4.78, 5) is 5.48. The van der Waals surface area contributed by atoms with Crippen LogP contribution in [-0.4, -0.2) is 15.2 Å². The average Bonchev–Trinajstić information content (AvgIpc) is 2.96. The molecule has 3 rings (SSSR count). The van der Waals surface area contributed by atoms with E-state index in [0.29, 0.717) is 23.0 Å². The van der Waals surface area contributed by atoms with E-state index in [1.165, 1.54) is 0 Å². The van der Waals surface area contributed by atoms with E-state index in [2.05, 4.69) is 26.1 Å². The summed E-state index contributed by atoms with van der Waals surface area (Å²) in [6, 6.07) is 14.8. The van der Waals surface area contributed by atoms with Gasteiger partial charge < -0.3 is 9.63 Å². The minimum Gasteiger partial charge on any atom is -0.508 e. The van der Waals surface area contributed by atoms with Crippen LogP contribution >= 0.6 is 27.7 Å². The van der Waals surface area contributed by atoms with E-state index >= 15 is 0 Å². The molecule has 0 fully saturated rings. The molecule has 0 unspecified atom stereocenters. The van der Waals surface area contributed by atoms with E-state index in [0.717, 1.165) is 9.37 Å². The van der Waals surface area contributed by atoms with Crippen LogP contribution in [0, 0.1) is 0 Å². The summed E-state index contributed by atoms with van der Waals surface area (Å²) in [6.07, 6.45) is 0. The summed E-state index contributed by atoms with van der Waals surface area (Å²) >= 11 is 5.05. The van der Waals surface area contributed by atoms with Gasteiger partial charge in [0, 0.05) is 14.9 Å². The summed E-state index contributed by atoms with van der Waals surface area (Å²) in [7, 11) is 0. The molecule has 2 aromatic carbocycles. The van der Waals surface area contributed by atoms with Crippen LogP contribution in [0.25, 0.3) is 11.5 Å². The first kappa shape index (κ1) is 14.2. The fourth-order valence-corrected chi connectivity index (χ4v) is 2.75. The van der Waals surface area contributed by atoms with Gasteiger partial charge in [0.1, 0.15) is 5.75 Å². The van der Waals surface area contributed by atoms with E-state index < -0.39 is 0 Å². The zero-order chi connectivity index (χ0) is 14.7. The number of thioether (sulfide) groups is 1. The molecule has 1 aromatic heterocycles. The third kappa shape index (κ3) is 3.65. The highest BCUT2D eigenvalue weighted by atomic mass is 79.9. The highest BCUT2D eigenvalue weighted by Crippen LogP contribution is 2.25. The van der Waals surface area contributed by atoms with E-state index in [1.54, 1.807) is 30.0 Å². The molecule has 1 heterocycles. The number of benzene rings is 2. The monoisotopic (exact) mass is 362 g/mol. The molecular formula is C15H11BrN2O2S. The number of phenols is 1. The van der Waals surface area contributed by atoms with E-state index in [9.17, 15) is 5.11 Å². The smallest absolute Gasteiger partial charge is 0.258 e. The molecule has 0 saturated heterocycles. The first-order valence-corrected chi connectivity index (χ1v) is 7.99. The van der Waals surface area contributed by atoms with Crippen molar-refractivity contribution in [2.24, 2.45) is 0 Å². The number of nitrogens with zero attached hydrogens (tertiary/aromatic N) is 2. The van der Waals surface area contributed by atoms with Gasteiger partial charge in [-0.2, -0.15) is 4.98 Å². The lowest BCUT2D eigenvalue weighted by Gasteiger charge is -1.98. The summed E-state index contributed by atoms with van der Waals surface area (Å²) < 4.78 is 6.27. The van der Waals surface area contributed by atoms with Crippen LogP contribution in [0.3, 0.4) is 0 Å². The Balaban J connectivity index is 1.69. The lowest BCUT2D eigenvalue weighted by atomic mass is 10.2. The second kappa shape index (κ2) is 6.32. The van der Waals surface area contributed by atoms with Gasteiger partial charge in [-0.3, -0.25) is 0 Å². The van der Waals surface area contributed by atoms with E-state index in [4.69, 9.17) is 4.52 Å². The number of aromatic hydroxyl groups is 1. The van der Waals surface area contributed by atoms with Crippen LogP contribution < -0.4 is 0 Å². The molecule has 0 aliphatic heterocycles. The van der Waals surface area contributed by atoms with Crippen molar-refractivity contribution in [2.75, 3.05) is 0 Å². The summed E-state index contributed by atoms with van der Waals surface area (Å²) in [5.74, 6) is 1.85. The van der Waals surface area contributed by atoms with Gasteiger partial charge in [-0.15, -0.1) is 11.8 Å². The largest absolute Gasteiger partial charge is 0.508 e. The van der Waals surface area contributed by atoms with Gasteiger partial charge in [-0.1, -0.05) is 27.2 Å². The zero-order valence-electron chi connectivity index (χ0n) is 10.9. The van der Waals surface area contributed by atoms with Crippen LogP contribution in [0.2, 0.25) is 0 Å². The number of halogens is 1. The molecule has 0 amide bonds. The van der Waals surface area contributed by atoms with Crippen LogP contribution in [0.5, 0.6) is 5.75 Å². The molecule has 0 saturated carbocycles. The fourth-order valence-electron chi connectivity index (χ4n) is 1.75. The highest BCUT2D eigenvalue weighted by molar-refractivity contribution is 9.10. The van der Waals surface area contributed by atoms with Crippen molar-refractivity contribution in [3.8, 4) is 17.2 Å². The Morgan fingerprint density at radius 3 is 2.71 bits per heavy atom. The Hall–Kier alpha value is -1.79. The third-order valence-electron chi connectivity index (χ3n) is 2.74. The molecule has 3 aromatic rings. The standard InChI is InChI=1S/C15H11BrN2O2S/c16-11-4-6-13(7-5-11)21-9-14-17-15(20-18-14)10-2-1-3-12(19)8-10/h1-8,19H,9H2. The molecule has 6 heteroatoms.